The molecule has 3 nitrogen and oxygen atoms in total. The minimum atomic E-state index is 0.101. The Morgan fingerprint density at radius 2 is 2.00 bits per heavy atom. The van der Waals surface area contributed by atoms with Gasteiger partial charge in [-0.1, -0.05) is 19.8 Å². The Hall–Kier alpha value is -1.51. The summed E-state index contributed by atoms with van der Waals surface area (Å²) in [7, 11) is 0. The quantitative estimate of drug-likeness (QED) is 0.872. The predicted molar refractivity (Wildman–Crippen MR) is 71.7 cm³/mol. The zero-order chi connectivity index (χ0) is 13.0. The highest BCUT2D eigenvalue weighted by atomic mass is 16.3. The third-order valence-electron chi connectivity index (χ3n) is 3.72. The van der Waals surface area contributed by atoms with Crippen LogP contribution in [0.15, 0.2) is 24.3 Å². The Balaban J connectivity index is 2.17. The van der Waals surface area contributed by atoms with Crippen LogP contribution >= 0.6 is 0 Å². The summed E-state index contributed by atoms with van der Waals surface area (Å²) in [5, 5.41) is 9.27. The van der Waals surface area contributed by atoms with Crippen LogP contribution in [0.4, 0.5) is 0 Å². The first-order valence-corrected chi connectivity index (χ1v) is 6.82. The lowest BCUT2D eigenvalue weighted by Crippen LogP contribution is -2.39. The van der Waals surface area contributed by atoms with Gasteiger partial charge in [-0.25, -0.2) is 0 Å². The molecule has 1 aromatic carbocycles. The average Bonchev–Trinajstić information content (AvgIpc) is 2.63. The molecule has 1 saturated heterocycles. The summed E-state index contributed by atoms with van der Waals surface area (Å²) >= 11 is 0. The van der Waals surface area contributed by atoms with Crippen molar-refractivity contribution in [2.45, 2.75) is 45.1 Å². The number of rotatable bonds is 2. The molecule has 0 aliphatic carbocycles. The van der Waals surface area contributed by atoms with Crippen molar-refractivity contribution in [3.63, 3.8) is 0 Å². The first-order chi connectivity index (χ1) is 8.72. The number of aromatic hydroxyl groups is 1. The Kier molecular flexibility index (Phi) is 4.24. The molecular formula is C15H21NO2. The van der Waals surface area contributed by atoms with E-state index in [-0.39, 0.29) is 11.7 Å². The van der Waals surface area contributed by atoms with E-state index in [0.29, 0.717) is 11.6 Å². The van der Waals surface area contributed by atoms with E-state index in [0.717, 1.165) is 25.8 Å². The molecule has 98 valence electrons. The third-order valence-corrected chi connectivity index (χ3v) is 3.72. The van der Waals surface area contributed by atoms with Crippen molar-refractivity contribution in [2.24, 2.45) is 0 Å². The van der Waals surface area contributed by atoms with E-state index in [2.05, 4.69) is 6.92 Å². The second-order valence-electron chi connectivity index (χ2n) is 4.96. The van der Waals surface area contributed by atoms with E-state index in [1.54, 1.807) is 24.3 Å². The van der Waals surface area contributed by atoms with E-state index < -0.39 is 0 Å². The number of phenols is 1. The van der Waals surface area contributed by atoms with Crippen LogP contribution in [0.3, 0.4) is 0 Å². The fraction of sp³-hybridized carbons (Fsp3) is 0.533. The molecule has 3 heteroatoms. The van der Waals surface area contributed by atoms with Crippen molar-refractivity contribution >= 4 is 5.91 Å². The summed E-state index contributed by atoms with van der Waals surface area (Å²) in [4.78, 5) is 14.5. The Morgan fingerprint density at radius 1 is 1.28 bits per heavy atom. The number of hydrogen-bond donors (Lipinski definition) is 1. The van der Waals surface area contributed by atoms with Crippen molar-refractivity contribution in [3.8, 4) is 5.75 Å². The van der Waals surface area contributed by atoms with Crippen LogP contribution in [0.1, 0.15) is 49.4 Å². The van der Waals surface area contributed by atoms with Gasteiger partial charge in [-0.05, 0) is 43.5 Å². The minimum absolute atomic E-state index is 0.101. The van der Waals surface area contributed by atoms with Gasteiger partial charge in [0.15, 0.2) is 0 Å². The lowest BCUT2D eigenvalue weighted by atomic mass is 10.1. The molecule has 18 heavy (non-hydrogen) atoms. The van der Waals surface area contributed by atoms with Crippen LogP contribution in [0.5, 0.6) is 5.75 Å². The second kappa shape index (κ2) is 5.89. The van der Waals surface area contributed by atoms with E-state index in [1.165, 1.54) is 12.8 Å². The first-order valence-electron chi connectivity index (χ1n) is 6.82. The van der Waals surface area contributed by atoms with Gasteiger partial charge in [0.1, 0.15) is 5.75 Å². The van der Waals surface area contributed by atoms with Gasteiger partial charge in [0.2, 0.25) is 0 Å². The maximum Gasteiger partial charge on any atom is 0.254 e. The molecule has 1 aromatic rings. The summed E-state index contributed by atoms with van der Waals surface area (Å²) < 4.78 is 0. The van der Waals surface area contributed by atoms with Crippen LogP contribution in [0, 0.1) is 0 Å². The normalized spacial score (nSPS) is 20.5. The van der Waals surface area contributed by atoms with Crippen LogP contribution in [-0.4, -0.2) is 28.5 Å². The van der Waals surface area contributed by atoms with Gasteiger partial charge in [0.25, 0.3) is 5.91 Å². The van der Waals surface area contributed by atoms with E-state index in [4.69, 9.17) is 0 Å². The molecule has 1 unspecified atom stereocenters. The summed E-state index contributed by atoms with van der Waals surface area (Å²) in [5.74, 6) is 0.304. The van der Waals surface area contributed by atoms with Crippen molar-refractivity contribution in [1.82, 2.24) is 4.90 Å². The van der Waals surface area contributed by atoms with Crippen LogP contribution in [0.25, 0.3) is 0 Å². The highest BCUT2D eigenvalue weighted by molar-refractivity contribution is 5.94. The molecule has 1 atom stereocenters. The standard InChI is InChI=1S/C15H21NO2/c1-2-13-6-4-3-5-11-16(13)15(18)12-7-9-14(17)10-8-12/h7-10,13,17H,2-6,11H2,1H3. The number of carbonyl (C=O) groups is 1. The number of phenolic OH excluding ortho intramolecular Hbond substituents is 1. The third kappa shape index (κ3) is 2.84. The van der Waals surface area contributed by atoms with Gasteiger partial charge in [-0.2, -0.15) is 0 Å². The zero-order valence-corrected chi connectivity index (χ0v) is 10.9. The summed E-state index contributed by atoms with van der Waals surface area (Å²) in [6, 6.07) is 6.93. The van der Waals surface area contributed by atoms with Gasteiger partial charge >= 0.3 is 0 Å². The van der Waals surface area contributed by atoms with Crippen LogP contribution < -0.4 is 0 Å². The second-order valence-corrected chi connectivity index (χ2v) is 4.96. The number of nitrogens with zero attached hydrogens (tertiary/aromatic N) is 1. The Labute approximate surface area is 108 Å². The zero-order valence-electron chi connectivity index (χ0n) is 10.9. The molecule has 0 aromatic heterocycles. The Morgan fingerprint density at radius 3 is 2.67 bits per heavy atom. The lowest BCUT2D eigenvalue weighted by Gasteiger charge is -2.29. The Bertz CT molecular complexity index is 399. The van der Waals surface area contributed by atoms with Gasteiger partial charge in [-0.15, -0.1) is 0 Å². The molecule has 1 aliphatic heterocycles. The van der Waals surface area contributed by atoms with Crippen molar-refractivity contribution in [3.05, 3.63) is 29.8 Å². The van der Waals surface area contributed by atoms with E-state index >= 15 is 0 Å². The van der Waals surface area contributed by atoms with Crippen molar-refractivity contribution < 1.29 is 9.90 Å². The maximum absolute atomic E-state index is 12.5. The topological polar surface area (TPSA) is 40.5 Å². The number of benzene rings is 1. The fourth-order valence-corrected chi connectivity index (χ4v) is 2.64. The van der Waals surface area contributed by atoms with E-state index in [9.17, 15) is 9.90 Å². The van der Waals surface area contributed by atoms with Gasteiger partial charge in [-0.3, -0.25) is 4.79 Å². The molecule has 1 aliphatic rings. The lowest BCUT2D eigenvalue weighted by molar-refractivity contribution is 0.0678. The first kappa shape index (κ1) is 12.9. The summed E-state index contributed by atoms with van der Waals surface area (Å²) in [6.07, 6.45) is 5.66. The highest BCUT2D eigenvalue weighted by Gasteiger charge is 2.24. The molecule has 1 N–H and O–H groups in total. The monoisotopic (exact) mass is 247 g/mol. The molecule has 0 bridgehead atoms. The van der Waals surface area contributed by atoms with Crippen molar-refractivity contribution in [2.75, 3.05) is 6.54 Å². The number of carbonyl (C=O) groups excluding carboxylic acids is 1. The van der Waals surface area contributed by atoms with Gasteiger partial charge in [0, 0.05) is 18.2 Å². The molecule has 1 amide bonds. The molecule has 0 spiro atoms. The van der Waals surface area contributed by atoms with Gasteiger partial charge in [0.05, 0.1) is 0 Å². The van der Waals surface area contributed by atoms with Crippen LogP contribution in [-0.2, 0) is 0 Å². The average molecular weight is 247 g/mol. The minimum Gasteiger partial charge on any atom is -0.508 e. The number of hydrogen-bond acceptors (Lipinski definition) is 2. The largest absolute Gasteiger partial charge is 0.508 e. The molecule has 2 rings (SSSR count). The van der Waals surface area contributed by atoms with Gasteiger partial charge < -0.3 is 10.0 Å². The van der Waals surface area contributed by atoms with Crippen molar-refractivity contribution in [1.29, 1.82) is 0 Å². The molecule has 0 saturated carbocycles. The molecule has 0 radical (unpaired) electrons. The summed E-state index contributed by atoms with van der Waals surface area (Å²) in [5.41, 5.74) is 0.674. The fourth-order valence-electron chi connectivity index (χ4n) is 2.64. The predicted octanol–water partition coefficient (Wildman–Crippen LogP) is 3.19. The smallest absolute Gasteiger partial charge is 0.254 e. The molecular weight excluding hydrogens is 226 g/mol. The van der Waals surface area contributed by atoms with E-state index in [1.807, 2.05) is 4.90 Å². The highest BCUT2D eigenvalue weighted by Crippen LogP contribution is 2.22. The summed E-state index contributed by atoms with van der Waals surface area (Å²) in [6.45, 7) is 3.01. The van der Waals surface area contributed by atoms with Crippen LogP contribution in [0.2, 0.25) is 0 Å². The SMILES string of the molecule is CCC1CCCCCN1C(=O)c1ccc(O)cc1. The maximum atomic E-state index is 12.5. The molecule has 1 fully saturated rings. The molecule has 1 heterocycles. The number of likely N-dealkylation sites (tertiary alicyclic amines) is 1. The number of amides is 1.